The second-order valence-corrected chi connectivity index (χ2v) is 10.4. The van der Waals surface area contributed by atoms with Crippen molar-refractivity contribution in [2.75, 3.05) is 11.1 Å². The first-order chi connectivity index (χ1) is 14.0. The Morgan fingerprint density at radius 3 is 2.97 bits per heavy atom. The Labute approximate surface area is 182 Å². The first-order valence-electron chi connectivity index (χ1n) is 9.80. The van der Waals surface area contributed by atoms with Crippen LogP contribution in [0.3, 0.4) is 0 Å². The van der Waals surface area contributed by atoms with Crippen LogP contribution in [0.2, 0.25) is 0 Å². The minimum Gasteiger partial charge on any atom is -0.302 e. The van der Waals surface area contributed by atoms with Crippen molar-refractivity contribution >= 4 is 45.5 Å². The van der Waals surface area contributed by atoms with Crippen molar-refractivity contribution in [1.82, 2.24) is 25.0 Å². The van der Waals surface area contributed by atoms with E-state index in [4.69, 9.17) is 0 Å². The van der Waals surface area contributed by atoms with Gasteiger partial charge in [-0.3, -0.25) is 10.1 Å². The maximum Gasteiger partial charge on any atom is 0.236 e. The summed E-state index contributed by atoms with van der Waals surface area (Å²) in [4.78, 5) is 13.8. The van der Waals surface area contributed by atoms with Crippen molar-refractivity contribution < 1.29 is 4.79 Å². The summed E-state index contributed by atoms with van der Waals surface area (Å²) in [5, 5.41) is 24.0. The Morgan fingerprint density at radius 2 is 2.21 bits per heavy atom. The largest absolute Gasteiger partial charge is 0.302 e. The Balaban J connectivity index is 1.50. The molecule has 1 aliphatic carbocycles. The summed E-state index contributed by atoms with van der Waals surface area (Å²) in [5.74, 6) is 1.84. The first kappa shape index (κ1) is 20.5. The third-order valence-electron chi connectivity index (χ3n) is 4.91. The van der Waals surface area contributed by atoms with Crippen molar-refractivity contribution in [3.8, 4) is 11.4 Å². The lowest BCUT2D eigenvalue weighted by Crippen LogP contribution is -2.14. The number of hydrogen-bond acceptors (Lipinski definition) is 8. The number of thioether (sulfide) groups is 1. The predicted molar refractivity (Wildman–Crippen MR) is 119 cm³/mol. The Hall–Kier alpha value is -1.78. The van der Waals surface area contributed by atoms with Gasteiger partial charge in [0.15, 0.2) is 11.0 Å². The molecule has 1 unspecified atom stereocenters. The molecule has 3 aromatic rings. The lowest BCUT2D eigenvalue weighted by Gasteiger charge is -2.19. The van der Waals surface area contributed by atoms with Crippen molar-refractivity contribution in [2.45, 2.75) is 58.2 Å². The average molecular weight is 449 g/mol. The summed E-state index contributed by atoms with van der Waals surface area (Å²) in [7, 11) is 0. The molecule has 0 radical (unpaired) electrons. The fraction of sp³-hybridized carbons (Fsp3) is 0.526. The van der Waals surface area contributed by atoms with E-state index in [0.717, 1.165) is 47.7 Å². The van der Waals surface area contributed by atoms with Gasteiger partial charge in [-0.2, -0.15) is 0 Å². The number of thiophene rings is 1. The summed E-state index contributed by atoms with van der Waals surface area (Å²) in [5.41, 5.74) is 2.66. The van der Waals surface area contributed by atoms with Gasteiger partial charge in [-0.05, 0) is 44.1 Å². The number of carbonyl (C=O) groups is 1. The zero-order valence-corrected chi connectivity index (χ0v) is 19.2. The number of amides is 1. The average Bonchev–Trinajstić information content (AvgIpc) is 3.39. The summed E-state index contributed by atoms with van der Waals surface area (Å²) in [6.07, 6.45) is 4.49. The van der Waals surface area contributed by atoms with Crippen LogP contribution < -0.4 is 5.32 Å². The highest BCUT2D eigenvalue weighted by atomic mass is 32.2. The lowest BCUT2D eigenvalue weighted by molar-refractivity contribution is -0.113. The highest BCUT2D eigenvalue weighted by molar-refractivity contribution is 7.99. The Bertz CT molecular complexity index is 1010. The molecule has 0 aliphatic heterocycles. The zero-order valence-electron chi connectivity index (χ0n) is 16.8. The fourth-order valence-electron chi connectivity index (χ4n) is 3.52. The van der Waals surface area contributed by atoms with Gasteiger partial charge in [-0.25, -0.2) is 0 Å². The van der Waals surface area contributed by atoms with Crippen LogP contribution in [0.4, 0.5) is 5.13 Å². The van der Waals surface area contributed by atoms with E-state index in [1.165, 1.54) is 45.5 Å². The van der Waals surface area contributed by atoms with Crippen LogP contribution in [-0.4, -0.2) is 36.6 Å². The molecule has 3 heterocycles. The minimum absolute atomic E-state index is 0.111. The maximum absolute atomic E-state index is 12.3. The van der Waals surface area contributed by atoms with E-state index in [0.29, 0.717) is 5.13 Å². The molecule has 0 saturated heterocycles. The van der Waals surface area contributed by atoms with Crippen LogP contribution in [0.15, 0.2) is 10.5 Å². The molecule has 0 bridgehead atoms. The predicted octanol–water partition coefficient (Wildman–Crippen LogP) is 4.43. The minimum atomic E-state index is -0.111. The van der Waals surface area contributed by atoms with Gasteiger partial charge >= 0.3 is 0 Å². The van der Waals surface area contributed by atoms with Gasteiger partial charge in [0.1, 0.15) is 5.01 Å². The molecule has 29 heavy (non-hydrogen) atoms. The molecule has 0 saturated carbocycles. The summed E-state index contributed by atoms with van der Waals surface area (Å²) in [6.45, 7) is 7.17. The molecule has 0 fully saturated rings. The van der Waals surface area contributed by atoms with E-state index in [2.05, 4.69) is 49.5 Å². The molecule has 0 spiro atoms. The summed E-state index contributed by atoms with van der Waals surface area (Å²) < 4.78 is 2.16. The van der Waals surface area contributed by atoms with E-state index in [1.807, 2.05) is 18.3 Å². The van der Waals surface area contributed by atoms with Crippen LogP contribution in [-0.2, 0) is 24.2 Å². The smallest absolute Gasteiger partial charge is 0.236 e. The van der Waals surface area contributed by atoms with Crippen LogP contribution in [0, 0.1) is 12.8 Å². The molecule has 7 nitrogen and oxygen atoms in total. The maximum atomic E-state index is 12.3. The standard InChI is InChI=1S/C19H24N6OS3/c1-4-7-25-17(14-9-27-15-8-11(2)5-6-13(14)15)22-24-19(25)28-10-16(26)20-18-23-21-12(3)29-18/h9,11H,4-8,10H2,1-3H3,(H,20,23,26). The van der Waals surface area contributed by atoms with Crippen LogP contribution >= 0.6 is 34.4 Å². The number of carbonyl (C=O) groups excluding carboxylic acids is 1. The van der Waals surface area contributed by atoms with E-state index < -0.39 is 0 Å². The van der Waals surface area contributed by atoms with Gasteiger partial charge in [0.2, 0.25) is 11.0 Å². The van der Waals surface area contributed by atoms with Crippen molar-refractivity contribution in [3.05, 3.63) is 20.8 Å². The topological polar surface area (TPSA) is 85.6 Å². The Morgan fingerprint density at radius 1 is 1.34 bits per heavy atom. The number of hydrogen-bond donors (Lipinski definition) is 1. The number of anilines is 1. The second-order valence-electron chi connectivity index (χ2n) is 7.32. The number of fused-ring (bicyclic) bond motifs is 1. The molecule has 4 rings (SSSR count). The molecule has 10 heteroatoms. The summed E-state index contributed by atoms with van der Waals surface area (Å²) >= 11 is 4.63. The van der Waals surface area contributed by atoms with Gasteiger partial charge in [0, 0.05) is 22.4 Å². The number of aryl methyl sites for hydroxylation is 1. The number of nitrogens with zero attached hydrogens (tertiary/aromatic N) is 5. The summed E-state index contributed by atoms with van der Waals surface area (Å²) in [6, 6.07) is 0. The molecule has 154 valence electrons. The fourth-order valence-corrected chi connectivity index (χ4v) is 6.13. The van der Waals surface area contributed by atoms with E-state index in [-0.39, 0.29) is 11.7 Å². The number of rotatable bonds is 7. The van der Waals surface area contributed by atoms with Crippen LogP contribution in [0.25, 0.3) is 11.4 Å². The zero-order chi connectivity index (χ0) is 20.4. The Kier molecular flexibility index (Phi) is 6.31. The molecule has 1 N–H and O–H groups in total. The van der Waals surface area contributed by atoms with E-state index in [9.17, 15) is 4.79 Å². The highest BCUT2D eigenvalue weighted by Crippen LogP contribution is 2.38. The molecular formula is C19H24N6OS3. The molecule has 1 amide bonds. The van der Waals surface area contributed by atoms with Crippen molar-refractivity contribution in [1.29, 1.82) is 0 Å². The number of nitrogens with one attached hydrogen (secondary N) is 1. The third kappa shape index (κ3) is 4.54. The molecular weight excluding hydrogens is 424 g/mol. The molecule has 3 aromatic heterocycles. The van der Waals surface area contributed by atoms with Gasteiger partial charge < -0.3 is 4.57 Å². The normalized spacial score (nSPS) is 16.0. The molecule has 0 aromatic carbocycles. The van der Waals surface area contributed by atoms with Crippen molar-refractivity contribution in [2.24, 2.45) is 5.92 Å². The van der Waals surface area contributed by atoms with Gasteiger partial charge in [0.05, 0.1) is 5.75 Å². The van der Waals surface area contributed by atoms with E-state index in [1.54, 1.807) is 0 Å². The van der Waals surface area contributed by atoms with Gasteiger partial charge in [-0.15, -0.1) is 31.7 Å². The SMILES string of the molecule is CCCn1c(SCC(=O)Nc2nnc(C)s2)nnc1-c1csc2c1CCC(C)C2. The van der Waals surface area contributed by atoms with Gasteiger partial charge in [0.25, 0.3) is 0 Å². The third-order valence-corrected chi connectivity index (χ3v) is 7.68. The lowest BCUT2D eigenvalue weighted by atomic mass is 9.88. The molecule has 1 aliphatic rings. The van der Waals surface area contributed by atoms with E-state index >= 15 is 0 Å². The van der Waals surface area contributed by atoms with Gasteiger partial charge in [-0.1, -0.05) is 36.9 Å². The quantitative estimate of drug-likeness (QED) is 0.538. The van der Waals surface area contributed by atoms with Crippen molar-refractivity contribution in [3.63, 3.8) is 0 Å². The highest BCUT2D eigenvalue weighted by Gasteiger charge is 2.24. The number of aromatic nitrogens is 5. The van der Waals surface area contributed by atoms with Crippen LogP contribution in [0.1, 0.15) is 42.1 Å². The van der Waals surface area contributed by atoms with Crippen LogP contribution in [0.5, 0.6) is 0 Å². The second kappa shape index (κ2) is 8.93. The first-order valence-corrected chi connectivity index (χ1v) is 12.5. The molecule has 1 atom stereocenters. The monoisotopic (exact) mass is 448 g/mol.